The molecule has 0 saturated carbocycles. The number of imidazole rings is 1. The summed E-state index contributed by atoms with van der Waals surface area (Å²) in [7, 11) is 0. The maximum atomic E-state index is 15.0. The number of nitrogens with one attached hydrogen (secondary N) is 10. The predicted molar refractivity (Wildman–Crippen MR) is 363 cm³/mol. The van der Waals surface area contributed by atoms with Gasteiger partial charge in [0.15, 0.2) is 5.96 Å². The average molecular weight is 1310 g/mol. The molecule has 0 aliphatic carbocycles. The molecule has 0 aliphatic heterocycles. The second-order valence-electron chi connectivity index (χ2n) is 23.7. The molecule has 2 aromatic heterocycles. The van der Waals surface area contributed by atoms with E-state index < -0.39 is 113 Å². The molecule has 9 amide bonds. The van der Waals surface area contributed by atoms with Crippen LogP contribution in [0.25, 0.3) is 10.9 Å². The van der Waals surface area contributed by atoms with Crippen LogP contribution >= 0.6 is 0 Å². The van der Waals surface area contributed by atoms with Crippen LogP contribution < -0.4 is 76.9 Å². The minimum atomic E-state index is -1.41. The molecule has 0 fully saturated rings. The predicted octanol–water partition coefficient (Wildman–Crippen LogP) is 0.453. The lowest BCUT2D eigenvalue weighted by atomic mass is 9.96. The van der Waals surface area contributed by atoms with Crippen molar-refractivity contribution in [3.8, 4) is 0 Å². The van der Waals surface area contributed by atoms with Crippen molar-refractivity contribution in [1.29, 1.82) is 0 Å². The Labute approximate surface area is 553 Å². The van der Waals surface area contributed by atoms with Gasteiger partial charge in [0, 0.05) is 67.6 Å². The van der Waals surface area contributed by atoms with Gasteiger partial charge in [-0.05, 0) is 98.7 Å². The molecule has 510 valence electrons. The van der Waals surface area contributed by atoms with Crippen LogP contribution in [-0.2, 0) is 75.3 Å². The van der Waals surface area contributed by atoms with E-state index in [1.165, 1.54) is 12.5 Å². The average Bonchev–Trinajstić information content (AvgIpc) is 1.77. The summed E-state index contributed by atoms with van der Waals surface area (Å²) in [6.45, 7) is 4.39. The Morgan fingerprint density at radius 3 is 1.39 bits per heavy atom. The Morgan fingerprint density at radius 2 is 0.905 bits per heavy atom. The zero-order valence-corrected chi connectivity index (χ0v) is 54.0. The first kappa shape index (κ1) is 74.1. The number of fused-ring (bicyclic) bond motifs is 1. The number of rotatable bonds is 41. The topological polar surface area (TPSA) is 463 Å². The molecular formula is C68H94N18O9. The molecule has 27 nitrogen and oxygen atoms in total. The number of H-pyrrole nitrogens is 2. The van der Waals surface area contributed by atoms with Crippen LogP contribution in [0.5, 0.6) is 0 Å². The Kier molecular flexibility index (Phi) is 30.3. The zero-order chi connectivity index (χ0) is 68.7. The third-order valence-corrected chi connectivity index (χ3v) is 16.4. The van der Waals surface area contributed by atoms with Crippen molar-refractivity contribution in [3.05, 3.63) is 162 Å². The Bertz CT molecular complexity index is 3440. The summed E-state index contributed by atoms with van der Waals surface area (Å²) >= 11 is 0. The van der Waals surface area contributed by atoms with Crippen LogP contribution in [-0.4, -0.2) is 148 Å². The van der Waals surface area contributed by atoms with Crippen molar-refractivity contribution in [1.82, 2.24) is 57.5 Å². The van der Waals surface area contributed by atoms with Gasteiger partial charge in [-0.15, -0.1) is 0 Å². The zero-order valence-electron chi connectivity index (χ0n) is 54.0. The number of nitrogens with zero attached hydrogens (tertiary/aromatic N) is 2. The van der Waals surface area contributed by atoms with Gasteiger partial charge in [0.2, 0.25) is 53.2 Å². The van der Waals surface area contributed by atoms with E-state index in [1.54, 1.807) is 98.0 Å². The first-order valence-electron chi connectivity index (χ1n) is 32.3. The molecule has 6 aromatic rings. The maximum absolute atomic E-state index is 15.0. The van der Waals surface area contributed by atoms with Crippen LogP contribution in [0.4, 0.5) is 0 Å². The maximum Gasteiger partial charge on any atom is 0.243 e. The number of benzene rings is 4. The first-order chi connectivity index (χ1) is 45.8. The van der Waals surface area contributed by atoms with E-state index in [0.717, 1.165) is 16.5 Å². The van der Waals surface area contributed by atoms with Gasteiger partial charge in [-0.3, -0.25) is 48.1 Å². The summed E-state index contributed by atoms with van der Waals surface area (Å²) in [6, 6.07) is 22.8. The third-order valence-electron chi connectivity index (χ3n) is 16.4. The largest absolute Gasteiger partial charge is 0.370 e. The second-order valence-corrected chi connectivity index (χ2v) is 23.7. The van der Waals surface area contributed by atoms with Gasteiger partial charge in [0.1, 0.15) is 48.3 Å². The van der Waals surface area contributed by atoms with Gasteiger partial charge >= 0.3 is 0 Å². The number of amides is 9. The number of carbonyl (C=O) groups is 9. The number of guanidine groups is 1. The number of unbranched alkanes of at least 4 members (excludes halogenated alkanes) is 2. The summed E-state index contributed by atoms with van der Waals surface area (Å²) in [5, 5.41) is 23.4. The summed E-state index contributed by atoms with van der Waals surface area (Å²) in [4.78, 5) is 144. The highest BCUT2D eigenvalue weighted by molar-refractivity contribution is 5.99. The van der Waals surface area contributed by atoms with Gasteiger partial charge in [0.05, 0.1) is 12.4 Å². The number of aromatic amines is 2. The van der Waals surface area contributed by atoms with E-state index in [4.69, 9.17) is 34.4 Å². The summed E-state index contributed by atoms with van der Waals surface area (Å²) in [5.74, 6) is -7.31. The van der Waals surface area contributed by atoms with Gasteiger partial charge in [-0.25, -0.2) is 4.98 Å². The minimum Gasteiger partial charge on any atom is -0.370 e. The number of nitrogens with two attached hydrogens (primary N) is 6. The number of carbonyl (C=O) groups excluding carboxylic acids is 9. The number of para-hydroxylation sites is 1. The molecule has 95 heavy (non-hydrogen) atoms. The molecular weight excluding hydrogens is 1210 g/mol. The molecule has 27 heteroatoms. The quantitative estimate of drug-likeness (QED) is 0.0141. The molecule has 10 atom stereocenters. The Balaban J connectivity index is 1.25. The fraction of sp³-hybridized carbons (Fsp3) is 0.426. The lowest BCUT2D eigenvalue weighted by Crippen LogP contribution is -2.62. The number of aromatic nitrogens is 3. The fourth-order valence-electron chi connectivity index (χ4n) is 10.8. The third kappa shape index (κ3) is 24.5. The molecule has 4 aromatic carbocycles. The molecule has 0 aliphatic rings. The monoisotopic (exact) mass is 1310 g/mol. The highest BCUT2D eigenvalue weighted by Gasteiger charge is 2.37. The molecule has 22 N–H and O–H groups in total. The van der Waals surface area contributed by atoms with E-state index >= 15 is 9.59 Å². The molecule has 6 rings (SSSR count). The molecule has 0 saturated heterocycles. The van der Waals surface area contributed by atoms with E-state index in [9.17, 15) is 33.6 Å². The standard InChI is InChI=1S/C68H94N18O9/c1-3-42(2)58(86-66(94)55(36-45-24-11-6-12-25-45)83-64(92)56(37-46-39-77-50-28-14-13-26-48(46)50)82-60(88)49(71)27-19-33-76-68(73)74)67(95)85-54(35-44-22-9-5-10-23-44)63(91)84-57(38-47-40-75-41-78-47)65(93)80-51(29-15-17-31-69)61(89)79-52(30-16-18-32-70)62(90)81-53(59(72)87)34-43-20-7-4-8-21-43/h4-14,20-26,28,39-42,49,51-58,77H,3,15-19,27,29-38,69-71H2,1-2H3,(H2,72,87)(H,75,78)(H,79,89)(H,80,93)(H,81,90)(H,82,88)(H,83,92)(H,84,91)(H,85,95)(H,86,94)(H4,73,74,76)/t42-,49-,51-,52-,53-,54+,55+,56+,57-,58-/m0/s1. The van der Waals surface area contributed by atoms with Crippen LogP contribution in [0.1, 0.15) is 99.6 Å². The second kappa shape index (κ2) is 38.9. The number of aliphatic imine (C=N–C) groups is 1. The summed E-state index contributed by atoms with van der Waals surface area (Å²) in [5.41, 5.74) is 38.7. The minimum absolute atomic E-state index is 0.00628. The Morgan fingerprint density at radius 1 is 0.474 bits per heavy atom. The summed E-state index contributed by atoms with van der Waals surface area (Å²) < 4.78 is 0. The lowest BCUT2D eigenvalue weighted by Gasteiger charge is -2.30. The highest BCUT2D eigenvalue weighted by atomic mass is 16.2. The molecule has 2 heterocycles. The summed E-state index contributed by atoms with van der Waals surface area (Å²) in [6.07, 6.45) is 7.30. The van der Waals surface area contributed by atoms with E-state index in [2.05, 4.69) is 62.5 Å². The van der Waals surface area contributed by atoms with Gasteiger partial charge in [-0.1, -0.05) is 129 Å². The van der Waals surface area contributed by atoms with Crippen molar-refractivity contribution >= 4 is 70.0 Å². The van der Waals surface area contributed by atoms with Crippen LogP contribution in [0.15, 0.2) is 139 Å². The van der Waals surface area contributed by atoms with E-state index in [-0.39, 0.29) is 70.4 Å². The SMILES string of the molecule is CC[C@H](C)[C@H](NC(=O)[C@@H](Cc1ccccc1)NC(=O)[C@@H](Cc1c[nH]c2ccccc12)NC(=O)[C@@H](N)CCCN=C(N)N)C(=O)N[C@H](Cc1ccccc1)C(=O)N[C@@H](Cc1cnc[nH]1)C(=O)N[C@@H](CCCCN)C(=O)N[C@@H](CCCCN)C(=O)N[C@@H](Cc1ccccc1)C(N)=O. The van der Waals surface area contributed by atoms with Gasteiger partial charge in [0.25, 0.3) is 0 Å². The van der Waals surface area contributed by atoms with Crippen LogP contribution in [0.2, 0.25) is 0 Å². The van der Waals surface area contributed by atoms with Gasteiger partial charge in [-0.2, -0.15) is 0 Å². The number of hydrogen-bond donors (Lipinski definition) is 16. The van der Waals surface area contributed by atoms with E-state index in [0.29, 0.717) is 67.5 Å². The molecule has 0 bridgehead atoms. The van der Waals surface area contributed by atoms with E-state index in [1.807, 2.05) is 37.3 Å². The van der Waals surface area contributed by atoms with Crippen molar-refractivity contribution in [2.24, 2.45) is 45.3 Å². The molecule has 0 radical (unpaired) electrons. The van der Waals surface area contributed by atoms with Gasteiger partial charge < -0.3 is 86.9 Å². The van der Waals surface area contributed by atoms with Crippen molar-refractivity contribution in [3.63, 3.8) is 0 Å². The van der Waals surface area contributed by atoms with Crippen LogP contribution in [0, 0.1) is 5.92 Å². The lowest BCUT2D eigenvalue weighted by molar-refractivity contribution is -0.136. The Hall–Kier alpha value is -9.99. The molecule has 0 spiro atoms. The highest BCUT2D eigenvalue weighted by Crippen LogP contribution is 2.21. The number of hydrogen-bond acceptors (Lipinski definition) is 14. The fourth-order valence-corrected chi connectivity index (χ4v) is 10.8. The van der Waals surface area contributed by atoms with Crippen molar-refractivity contribution in [2.45, 2.75) is 158 Å². The normalized spacial score (nSPS) is 14.3. The first-order valence-corrected chi connectivity index (χ1v) is 32.3. The van der Waals surface area contributed by atoms with Crippen molar-refractivity contribution in [2.75, 3.05) is 19.6 Å². The van der Waals surface area contributed by atoms with Crippen LogP contribution in [0.3, 0.4) is 0 Å². The molecule has 0 unspecified atom stereocenters. The number of primary amides is 1. The van der Waals surface area contributed by atoms with Crippen molar-refractivity contribution < 1.29 is 43.2 Å². The smallest absolute Gasteiger partial charge is 0.243 e.